The van der Waals surface area contributed by atoms with Gasteiger partial charge >= 0.3 is 0 Å². The van der Waals surface area contributed by atoms with E-state index in [9.17, 15) is 14.9 Å². The monoisotopic (exact) mass is 385 g/mol. The van der Waals surface area contributed by atoms with Crippen molar-refractivity contribution in [2.75, 3.05) is 0 Å². The van der Waals surface area contributed by atoms with Crippen LogP contribution in [0.1, 0.15) is 39.5 Å². The molecule has 1 heterocycles. The number of aryl methyl sites for hydroxylation is 1. The van der Waals surface area contributed by atoms with Crippen molar-refractivity contribution in [1.29, 1.82) is 0 Å². The summed E-state index contributed by atoms with van der Waals surface area (Å²) in [5, 5.41) is 17.6. The van der Waals surface area contributed by atoms with Gasteiger partial charge in [-0.3, -0.25) is 14.9 Å². The van der Waals surface area contributed by atoms with Crippen molar-refractivity contribution < 1.29 is 9.72 Å². The van der Waals surface area contributed by atoms with Crippen LogP contribution in [-0.4, -0.2) is 21.6 Å². The number of hydrogen-bond acceptors (Lipinski definition) is 4. The Hall–Kier alpha value is -3.80. The van der Waals surface area contributed by atoms with Gasteiger partial charge in [-0.25, -0.2) is 5.01 Å². The minimum absolute atomic E-state index is 0.0101. The topological polar surface area (TPSA) is 75.8 Å². The molecule has 6 heteroatoms. The van der Waals surface area contributed by atoms with Crippen LogP contribution in [0.15, 0.2) is 84.0 Å². The van der Waals surface area contributed by atoms with Gasteiger partial charge in [0.2, 0.25) is 0 Å². The Balaban J connectivity index is 1.80. The zero-order chi connectivity index (χ0) is 20.4. The van der Waals surface area contributed by atoms with Gasteiger partial charge in [0.15, 0.2) is 0 Å². The van der Waals surface area contributed by atoms with Crippen LogP contribution < -0.4 is 0 Å². The maximum absolute atomic E-state index is 13.2. The second kappa shape index (κ2) is 7.67. The summed E-state index contributed by atoms with van der Waals surface area (Å²) < 4.78 is 0. The molecule has 6 nitrogen and oxygen atoms in total. The molecule has 0 saturated heterocycles. The number of nitro benzene ring substituents is 1. The molecule has 0 radical (unpaired) electrons. The second-order valence-electron chi connectivity index (χ2n) is 6.97. The number of benzene rings is 3. The SMILES string of the molecule is Cc1cccc(C2=NN(C(=O)c3ccccc3)C(c3ccccc3[N+](=O)[O-])C2)c1. The summed E-state index contributed by atoms with van der Waals surface area (Å²) in [6.07, 6.45) is 0.410. The molecule has 0 aliphatic carbocycles. The van der Waals surface area contributed by atoms with Crippen molar-refractivity contribution in [2.24, 2.45) is 5.10 Å². The van der Waals surface area contributed by atoms with Crippen molar-refractivity contribution in [3.63, 3.8) is 0 Å². The van der Waals surface area contributed by atoms with Crippen LogP contribution in [0.2, 0.25) is 0 Å². The molecule has 0 aromatic heterocycles. The smallest absolute Gasteiger partial charge is 0.267 e. The summed E-state index contributed by atoms with van der Waals surface area (Å²) in [5.41, 5.74) is 3.70. The van der Waals surface area contributed by atoms with E-state index >= 15 is 0 Å². The minimum atomic E-state index is -0.542. The maximum atomic E-state index is 13.2. The summed E-state index contributed by atoms with van der Waals surface area (Å²) in [4.78, 5) is 24.4. The highest BCUT2D eigenvalue weighted by molar-refractivity contribution is 6.05. The van der Waals surface area contributed by atoms with Crippen molar-refractivity contribution in [2.45, 2.75) is 19.4 Å². The van der Waals surface area contributed by atoms with E-state index in [1.807, 2.05) is 37.3 Å². The molecule has 1 aliphatic rings. The molecule has 0 spiro atoms. The molecule has 144 valence electrons. The molecular formula is C23H19N3O3. The summed E-state index contributed by atoms with van der Waals surface area (Å²) in [5.74, 6) is -0.281. The fourth-order valence-electron chi connectivity index (χ4n) is 3.59. The van der Waals surface area contributed by atoms with E-state index in [4.69, 9.17) is 0 Å². The molecule has 3 aromatic carbocycles. The number of nitro groups is 1. The highest BCUT2D eigenvalue weighted by atomic mass is 16.6. The number of carbonyl (C=O) groups is 1. The fourth-order valence-corrected chi connectivity index (χ4v) is 3.59. The van der Waals surface area contributed by atoms with E-state index < -0.39 is 11.0 Å². The molecular weight excluding hydrogens is 366 g/mol. The molecule has 4 rings (SSSR count). The molecule has 0 bridgehead atoms. The molecule has 1 amide bonds. The summed E-state index contributed by atoms with van der Waals surface area (Å²) in [6.45, 7) is 1.99. The van der Waals surface area contributed by atoms with Crippen LogP contribution in [0.5, 0.6) is 0 Å². The molecule has 1 aliphatic heterocycles. The standard InChI is InChI=1S/C23H19N3O3/c1-16-8-7-11-18(14-16)20-15-22(19-12-5-6-13-21(19)26(28)29)25(24-20)23(27)17-9-3-2-4-10-17/h2-14,22H,15H2,1H3. The Morgan fingerprint density at radius 1 is 1.03 bits per heavy atom. The maximum Gasteiger partial charge on any atom is 0.274 e. The lowest BCUT2D eigenvalue weighted by Gasteiger charge is -2.22. The number of rotatable bonds is 4. The predicted octanol–water partition coefficient (Wildman–Crippen LogP) is 4.89. The number of carbonyl (C=O) groups excluding carboxylic acids is 1. The zero-order valence-corrected chi connectivity index (χ0v) is 15.9. The van der Waals surface area contributed by atoms with Crippen molar-refractivity contribution in [1.82, 2.24) is 5.01 Å². The first-order valence-corrected chi connectivity index (χ1v) is 9.31. The van der Waals surface area contributed by atoms with E-state index in [2.05, 4.69) is 5.10 Å². The van der Waals surface area contributed by atoms with E-state index in [1.54, 1.807) is 42.5 Å². The average molecular weight is 385 g/mol. The first kappa shape index (κ1) is 18.6. The fraction of sp³-hybridized carbons (Fsp3) is 0.130. The molecule has 0 fully saturated rings. The predicted molar refractivity (Wildman–Crippen MR) is 111 cm³/mol. The van der Waals surface area contributed by atoms with Gasteiger partial charge in [-0.2, -0.15) is 5.10 Å². The highest BCUT2D eigenvalue weighted by Crippen LogP contribution is 2.38. The third-order valence-corrected chi connectivity index (χ3v) is 4.98. The number of para-hydroxylation sites is 1. The summed E-state index contributed by atoms with van der Waals surface area (Å²) in [7, 11) is 0. The quantitative estimate of drug-likeness (QED) is 0.474. The van der Waals surface area contributed by atoms with Gasteiger partial charge in [-0.15, -0.1) is 0 Å². The highest BCUT2D eigenvalue weighted by Gasteiger charge is 2.37. The Bertz CT molecular complexity index is 1110. The molecule has 3 aromatic rings. The lowest BCUT2D eigenvalue weighted by molar-refractivity contribution is -0.385. The Kier molecular flexibility index (Phi) is 4.91. The largest absolute Gasteiger partial charge is 0.274 e. The number of nitrogens with zero attached hydrogens (tertiary/aromatic N) is 3. The first-order chi connectivity index (χ1) is 14.0. The zero-order valence-electron chi connectivity index (χ0n) is 15.9. The number of hydrogen-bond donors (Lipinski definition) is 0. The second-order valence-corrected chi connectivity index (χ2v) is 6.97. The average Bonchev–Trinajstić information content (AvgIpc) is 3.19. The molecule has 0 saturated carbocycles. The van der Waals surface area contributed by atoms with Crippen LogP contribution in [0.4, 0.5) is 5.69 Å². The van der Waals surface area contributed by atoms with Gasteiger partial charge in [-0.05, 0) is 30.7 Å². The first-order valence-electron chi connectivity index (χ1n) is 9.31. The van der Waals surface area contributed by atoms with Crippen molar-refractivity contribution in [3.05, 3.63) is 111 Å². The van der Waals surface area contributed by atoms with Crippen LogP contribution in [0.25, 0.3) is 0 Å². The van der Waals surface area contributed by atoms with Gasteiger partial charge in [0.05, 0.1) is 22.2 Å². The molecule has 1 unspecified atom stereocenters. The molecule has 29 heavy (non-hydrogen) atoms. The summed E-state index contributed by atoms with van der Waals surface area (Å²) >= 11 is 0. The van der Waals surface area contributed by atoms with E-state index in [0.717, 1.165) is 16.8 Å². The van der Waals surface area contributed by atoms with Crippen LogP contribution >= 0.6 is 0 Å². The van der Waals surface area contributed by atoms with E-state index in [0.29, 0.717) is 17.5 Å². The normalized spacial score (nSPS) is 15.8. The summed E-state index contributed by atoms with van der Waals surface area (Å²) in [6, 6.07) is 22.7. The van der Waals surface area contributed by atoms with Gasteiger partial charge < -0.3 is 0 Å². The molecule has 0 N–H and O–H groups in total. The Morgan fingerprint density at radius 3 is 2.48 bits per heavy atom. The molecule has 1 atom stereocenters. The van der Waals surface area contributed by atoms with Gasteiger partial charge in [0, 0.05) is 18.1 Å². The third-order valence-electron chi connectivity index (χ3n) is 4.98. The van der Waals surface area contributed by atoms with E-state index in [-0.39, 0.29) is 11.6 Å². The lowest BCUT2D eigenvalue weighted by Crippen LogP contribution is -2.27. The van der Waals surface area contributed by atoms with E-state index in [1.165, 1.54) is 11.1 Å². The van der Waals surface area contributed by atoms with Gasteiger partial charge in [0.1, 0.15) is 0 Å². The minimum Gasteiger partial charge on any atom is -0.267 e. The van der Waals surface area contributed by atoms with Crippen LogP contribution in [0, 0.1) is 17.0 Å². The van der Waals surface area contributed by atoms with Gasteiger partial charge in [0.25, 0.3) is 11.6 Å². The van der Waals surface area contributed by atoms with Crippen LogP contribution in [0.3, 0.4) is 0 Å². The Labute approximate surface area is 168 Å². The number of amides is 1. The lowest BCUT2D eigenvalue weighted by atomic mass is 9.96. The Morgan fingerprint density at radius 2 is 1.76 bits per heavy atom. The third kappa shape index (κ3) is 3.65. The number of hydrazone groups is 1. The van der Waals surface area contributed by atoms with Crippen molar-refractivity contribution >= 4 is 17.3 Å². The van der Waals surface area contributed by atoms with Crippen molar-refractivity contribution in [3.8, 4) is 0 Å². The van der Waals surface area contributed by atoms with Crippen LogP contribution in [-0.2, 0) is 0 Å². The van der Waals surface area contributed by atoms with Gasteiger partial charge in [-0.1, -0.05) is 60.2 Å².